The number of nitrogens with one attached hydrogen (secondary N) is 1. The predicted octanol–water partition coefficient (Wildman–Crippen LogP) is 1.62. The molecule has 1 N–H and O–H groups in total. The van der Waals surface area contributed by atoms with Gasteiger partial charge in [-0.25, -0.2) is 5.48 Å². The Bertz CT molecular complexity index is 378. The van der Waals surface area contributed by atoms with E-state index in [0.717, 1.165) is 11.3 Å². The molecule has 1 unspecified atom stereocenters. The SMILES string of the molecule is CCONC(=O)C1CCOc2ccccc21. The molecule has 1 aromatic carbocycles. The molecule has 0 saturated heterocycles. The monoisotopic (exact) mass is 221 g/mol. The first kappa shape index (κ1) is 11.0. The van der Waals surface area contributed by atoms with Gasteiger partial charge in [-0.05, 0) is 19.4 Å². The van der Waals surface area contributed by atoms with Gasteiger partial charge in [0.1, 0.15) is 5.75 Å². The van der Waals surface area contributed by atoms with Gasteiger partial charge >= 0.3 is 0 Å². The van der Waals surface area contributed by atoms with Crippen molar-refractivity contribution < 1.29 is 14.4 Å². The molecular weight excluding hydrogens is 206 g/mol. The zero-order valence-electron chi connectivity index (χ0n) is 9.23. The van der Waals surface area contributed by atoms with Gasteiger partial charge in [-0.1, -0.05) is 18.2 Å². The Labute approximate surface area is 94.5 Å². The maximum Gasteiger partial charge on any atom is 0.251 e. The maximum atomic E-state index is 11.8. The number of hydrogen-bond donors (Lipinski definition) is 1. The number of rotatable bonds is 3. The number of carbonyl (C=O) groups excluding carboxylic acids is 1. The van der Waals surface area contributed by atoms with Crippen molar-refractivity contribution in [2.75, 3.05) is 13.2 Å². The summed E-state index contributed by atoms with van der Waals surface area (Å²) < 4.78 is 5.49. The summed E-state index contributed by atoms with van der Waals surface area (Å²) >= 11 is 0. The van der Waals surface area contributed by atoms with Crippen LogP contribution in [0, 0.1) is 0 Å². The fourth-order valence-electron chi connectivity index (χ4n) is 1.83. The van der Waals surface area contributed by atoms with Crippen molar-refractivity contribution >= 4 is 5.91 Å². The van der Waals surface area contributed by atoms with Crippen LogP contribution in [0.1, 0.15) is 24.8 Å². The Morgan fingerprint density at radius 3 is 3.19 bits per heavy atom. The third kappa shape index (κ3) is 2.17. The average Bonchev–Trinajstić information content (AvgIpc) is 2.35. The first-order valence-corrected chi connectivity index (χ1v) is 5.46. The van der Waals surface area contributed by atoms with E-state index < -0.39 is 0 Å². The van der Waals surface area contributed by atoms with Gasteiger partial charge < -0.3 is 4.74 Å². The highest BCUT2D eigenvalue weighted by Crippen LogP contribution is 2.33. The summed E-state index contributed by atoms with van der Waals surface area (Å²) in [6.45, 7) is 2.87. The second kappa shape index (κ2) is 4.99. The first-order chi connectivity index (χ1) is 7.83. The van der Waals surface area contributed by atoms with Crippen molar-refractivity contribution in [1.82, 2.24) is 5.48 Å². The van der Waals surface area contributed by atoms with Crippen molar-refractivity contribution in [3.8, 4) is 5.75 Å². The van der Waals surface area contributed by atoms with E-state index in [1.54, 1.807) is 0 Å². The number of hydrogen-bond acceptors (Lipinski definition) is 3. The topological polar surface area (TPSA) is 47.6 Å². The highest BCUT2D eigenvalue weighted by molar-refractivity contribution is 5.83. The molecule has 4 nitrogen and oxygen atoms in total. The zero-order valence-corrected chi connectivity index (χ0v) is 9.23. The Hall–Kier alpha value is -1.55. The molecule has 0 aliphatic carbocycles. The van der Waals surface area contributed by atoms with Gasteiger partial charge in [0.15, 0.2) is 0 Å². The number of benzene rings is 1. The summed E-state index contributed by atoms with van der Waals surface area (Å²) in [5, 5.41) is 0. The molecule has 4 heteroatoms. The predicted molar refractivity (Wildman–Crippen MR) is 59.1 cm³/mol. The lowest BCUT2D eigenvalue weighted by atomic mass is 9.93. The maximum absolute atomic E-state index is 11.8. The van der Waals surface area contributed by atoms with Crippen LogP contribution >= 0.6 is 0 Å². The molecule has 2 rings (SSSR count). The van der Waals surface area contributed by atoms with Crippen molar-refractivity contribution in [2.24, 2.45) is 0 Å². The number of para-hydroxylation sites is 1. The van der Waals surface area contributed by atoms with E-state index in [4.69, 9.17) is 9.57 Å². The van der Waals surface area contributed by atoms with Crippen molar-refractivity contribution in [3.63, 3.8) is 0 Å². The fraction of sp³-hybridized carbons (Fsp3) is 0.417. The standard InChI is InChI=1S/C12H15NO3/c1-2-16-13-12(14)10-7-8-15-11-6-4-3-5-9(10)11/h3-6,10H,2,7-8H2,1H3,(H,13,14). The number of fused-ring (bicyclic) bond motifs is 1. The average molecular weight is 221 g/mol. The number of carbonyl (C=O) groups is 1. The van der Waals surface area contributed by atoms with Crippen LogP contribution in [0.15, 0.2) is 24.3 Å². The van der Waals surface area contributed by atoms with Crippen LogP contribution in [0.5, 0.6) is 5.75 Å². The van der Waals surface area contributed by atoms with E-state index in [2.05, 4.69) is 5.48 Å². The van der Waals surface area contributed by atoms with Crippen LogP contribution < -0.4 is 10.2 Å². The van der Waals surface area contributed by atoms with Crippen LogP contribution in [-0.2, 0) is 9.63 Å². The number of hydroxylamine groups is 1. The Balaban J connectivity index is 2.15. The van der Waals surface area contributed by atoms with Gasteiger partial charge in [-0.2, -0.15) is 0 Å². The van der Waals surface area contributed by atoms with Gasteiger partial charge in [-0.3, -0.25) is 9.63 Å². The molecule has 0 spiro atoms. The van der Waals surface area contributed by atoms with Gasteiger partial charge in [0.05, 0.1) is 19.1 Å². The summed E-state index contributed by atoms with van der Waals surface area (Å²) in [7, 11) is 0. The molecule has 1 amide bonds. The fourth-order valence-corrected chi connectivity index (χ4v) is 1.83. The molecule has 0 aromatic heterocycles. The molecule has 1 atom stereocenters. The van der Waals surface area contributed by atoms with E-state index in [-0.39, 0.29) is 11.8 Å². The van der Waals surface area contributed by atoms with E-state index in [1.165, 1.54) is 0 Å². The Kier molecular flexibility index (Phi) is 3.41. The first-order valence-electron chi connectivity index (χ1n) is 5.46. The zero-order chi connectivity index (χ0) is 11.4. The summed E-state index contributed by atoms with van der Waals surface area (Å²) in [4.78, 5) is 16.8. The minimum absolute atomic E-state index is 0.0994. The van der Waals surface area contributed by atoms with Crippen molar-refractivity contribution in [1.29, 1.82) is 0 Å². The molecule has 1 heterocycles. The highest BCUT2D eigenvalue weighted by Gasteiger charge is 2.27. The molecule has 86 valence electrons. The van der Waals surface area contributed by atoms with Gasteiger partial charge in [0.25, 0.3) is 5.91 Å². The molecule has 1 aliphatic heterocycles. The molecule has 1 aromatic rings. The van der Waals surface area contributed by atoms with E-state index in [9.17, 15) is 4.79 Å². The van der Waals surface area contributed by atoms with Crippen LogP contribution in [-0.4, -0.2) is 19.1 Å². The molecule has 16 heavy (non-hydrogen) atoms. The molecular formula is C12H15NO3. The second-order valence-electron chi connectivity index (χ2n) is 3.63. The van der Waals surface area contributed by atoms with Gasteiger partial charge in [0, 0.05) is 5.56 Å². The second-order valence-corrected chi connectivity index (χ2v) is 3.63. The lowest BCUT2D eigenvalue weighted by molar-refractivity contribution is -0.135. The van der Waals surface area contributed by atoms with Crippen molar-refractivity contribution in [2.45, 2.75) is 19.3 Å². The van der Waals surface area contributed by atoms with Gasteiger partial charge in [-0.15, -0.1) is 0 Å². The van der Waals surface area contributed by atoms with E-state index in [0.29, 0.717) is 19.6 Å². The Morgan fingerprint density at radius 2 is 2.38 bits per heavy atom. The third-order valence-corrected chi connectivity index (χ3v) is 2.59. The van der Waals surface area contributed by atoms with Gasteiger partial charge in [0.2, 0.25) is 0 Å². The number of amides is 1. The molecule has 0 saturated carbocycles. The lowest BCUT2D eigenvalue weighted by Gasteiger charge is -2.24. The summed E-state index contributed by atoms with van der Waals surface area (Å²) in [6.07, 6.45) is 0.690. The van der Waals surface area contributed by atoms with Crippen LogP contribution in [0.3, 0.4) is 0 Å². The lowest BCUT2D eigenvalue weighted by Crippen LogP contribution is -2.32. The van der Waals surface area contributed by atoms with E-state index in [1.807, 2.05) is 31.2 Å². The Morgan fingerprint density at radius 1 is 1.56 bits per heavy atom. The van der Waals surface area contributed by atoms with Crippen LogP contribution in [0.2, 0.25) is 0 Å². The smallest absolute Gasteiger partial charge is 0.251 e. The minimum Gasteiger partial charge on any atom is -0.493 e. The largest absolute Gasteiger partial charge is 0.493 e. The molecule has 1 aliphatic rings. The summed E-state index contributed by atoms with van der Waals surface area (Å²) in [5.74, 6) is 0.527. The van der Waals surface area contributed by atoms with Crippen LogP contribution in [0.25, 0.3) is 0 Å². The molecule has 0 radical (unpaired) electrons. The summed E-state index contributed by atoms with van der Waals surface area (Å²) in [5.41, 5.74) is 3.38. The molecule has 0 fully saturated rings. The highest BCUT2D eigenvalue weighted by atomic mass is 16.6. The summed E-state index contributed by atoms with van der Waals surface area (Å²) in [6, 6.07) is 7.62. The van der Waals surface area contributed by atoms with E-state index >= 15 is 0 Å². The van der Waals surface area contributed by atoms with Crippen molar-refractivity contribution in [3.05, 3.63) is 29.8 Å². The normalized spacial score (nSPS) is 18.4. The quantitative estimate of drug-likeness (QED) is 0.789. The third-order valence-electron chi connectivity index (χ3n) is 2.59. The molecule has 0 bridgehead atoms. The van der Waals surface area contributed by atoms with Crippen LogP contribution in [0.4, 0.5) is 0 Å². The number of ether oxygens (including phenoxy) is 1. The minimum atomic E-state index is -0.170.